The van der Waals surface area contributed by atoms with Gasteiger partial charge < -0.3 is 14.6 Å². The molecule has 1 aliphatic heterocycles. The highest BCUT2D eigenvalue weighted by Gasteiger charge is 2.30. The van der Waals surface area contributed by atoms with E-state index in [1.54, 1.807) is 6.20 Å². The molecule has 1 unspecified atom stereocenters. The zero-order valence-corrected chi connectivity index (χ0v) is 10.2. The fourth-order valence-corrected chi connectivity index (χ4v) is 2.35. The Morgan fingerprint density at radius 3 is 2.88 bits per heavy atom. The lowest BCUT2D eigenvalue weighted by Crippen LogP contribution is -2.33. The number of hydrogen-bond acceptors (Lipinski definition) is 3. The van der Waals surface area contributed by atoms with Gasteiger partial charge in [0.05, 0.1) is 5.60 Å². The first-order valence-electron chi connectivity index (χ1n) is 5.96. The molecule has 1 aromatic heterocycles. The van der Waals surface area contributed by atoms with Gasteiger partial charge in [0.1, 0.15) is 5.82 Å². The molecule has 0 saturated carbocycles. The van der Waals surface area contributed by atoms with Gasteiger partial charge in [0.25, 0.3) is 0 Å². The molecule has 0 aromatic carbocycles. The highest BCUT2D eigenvalue weighted by molar-refractivity contribution is 4.99. The van der Waals surface area contributed by atoms with Gasteiger partial charge in [-0.2, -0.15) is 0 Å². The number of rotatable bonds is 2. The van der Waals surface area contributed by atoms with E-state index in [0.717, 1.165) is 38.2 Å². The van der Waals surface area contributed by atoms with Crippen LogP contribution in [0.3, 0.4) is 0 Å². The van der Waals surface area contributed by atoms with Gasteiger partial charge in [-0.05, 0) is 32.9 Å². The number of aryl methyl sites for hydroxylation is 1. The summed E-state index contributed by atoms with van der Waals surface area (Å²) in [4.78, 5) is 6.58. The zero-order valence-electron chi connectivity index (χ0n) is 10.2. The van der Waals surface area contributed by atoms with Crippen molar-refractivity contribution in [3.63, 3.8) is 0 Å². The number of aromatic nitrogens is 2. The summed E-state index contributed by atoms with van der Waals surface area (Å²) in [5.74, 6) is 0.979. The minimum Gasteiger partial charge on any atom is -0.389 e. The molecule has 2 heterocycles. The summed E-state index contributed by atoms with van der Waals surface area (Å²) in [6.07, 6.45) is 7.19. The van der Waals surface area contributed by atoms with Crippen LogP contribution in [0.4, 0.5) is 0 Å². The van der Waals surface area contributed by atoms with Crippen molar-refractivity contribution in [3.05, 3.63) is 18.2 Å². The molecule has 90 valence electrons. The van der Waals surface area contributed by atoms with E-state index in [9.17, 15) is 5.11 Å². The summed E-state index contributed by atoms with van der Waals surface area (Å²) in [5.41, 5.74) is -0.566. The van der Waals surface area contributed by atoms with E-state index < -0.39 is 5.60 Å². The van der Waals surface area contributed by atoms with Crippen LogP contribution in [0.2, 0.25) is 0 Å². The second-order valence-corrected chi connectivity index (χ2v) is 5.01. The Balaban J connectivity index is 2.04. The normalized spacial score (nSPS) is 27.9. The Hall–Kier alpha value is -0.870. The lowest BCUT2D eigenvalue weighted by molar-refractivity contribution is 0.0238. The third-order valence-electron chi connectivity index (χ3n) is 3.55. The number of hydrogen-bond donors (Lipinski definition) is 1. The molecule has 1 N–H and O–H groups in total. The Morgan fingerprint density at radius 2 is 2.19 bits per heavy atom. The Morgan fingerprint density at radius 1 is 1.38 bits per heavy atom. The van der Waals surface area contributed by atoms with Gasteiger partial charge in [0.2, 0.25) is 0 Å². The molecule has 0 aliphatic carbocycles. The molecule has 1 aromatic rings. The molecule has 4 heteroatoms. The quantitative estimate of drug-likeness (QED) is 0.806. The number of imidazole rings is 1. The summed E-state index contributed by atoms with van der Waals surface area (Å²) in [6, 6.07) is 0. The first-order valence-corrected chi connectivity index (χ1v) is 5.96. The van der Waals surface area contributed by atoms with Crippen molar-refractivity contribution < 1.29 is 5.11 Å². The fourth-order valence-electron chi connectivity index (χ4n) is 2.35. The predicted molar refractivity (Wildman–Crippen MR) is 63.2 cm³/mol. The van der Waals surface area contributed by atoms with Gasteiger partial charge in [-0.1, -0.05) is 0 Å². The third-order valence-corrected chi connectivity index (χ3v) is 3.55. The average molecular weight is 223 g/mol. The van der Waals surface area contributed by atoms with E-state index in [4.69, 9.17) is 0 Å². The van der Waals surface area contributed by atoms with Gasteiger partial charge in [-0.15, -0.1) is 0 Å². The first-order chi connectivity index (χ1) is 7.59. The van der Waals surface area contributed by atoms with Crippen molar-refractivity contribution in [3.8, 4) is 0 Å². The topological polar surface area (TPSA) is 41.3 Å². The van der Waals surface area contributed by atoms with Crippen LogP contribution in [0.5, 0.6) is 0 Å². The minimum absolute atomic E-state index is 0.566. The Labute approximate surface area is 96.9 Å². The molecular weight excluding hydrogens is 202 g/mol. The predicted octanol–water partition coefficient (Wildman–Crippen LogP) is 0.809. The Bertz CT molecular complexity index is 350. The molecular formula is C12H21N3O. The highest BCUT2D eigenvalue weighted by Crippen LogP contribution is 2.25. The first kappa shape index (κ1) is 11.6. The lowest BCUT2D eigenvalue weighted by atomic mass is 9.91. The molecule has 16 heavy (non-hydrogen) atoms. The van der Waals surface area contributed by atoms with E-state index in [-0.39, 0.29) is 0 Å². The molecule has 0 spiro atoms. The Kier molecular flexibility index (Phi) is 3.30. The fraction of sp³-hybridized carbons (Fsp3) is 0.750. The molecule has 2 rings (SSSR count). The summed E-state index contributed by atoms with van der Waals surface area (Å²) in [7, 11) is 4.10. The minimum atomic E-state index is -0.566. The summed E-state index contributed by atoms with van der Waals surface area (Å²) < 4.78 is 1.99. The zero-order chi connectivity index (χ0) is 11.6. The molecule has 1 fully saturated rings. The van der Waals surface area contributed by atoms with E-state index in [0.29, 0.717) is 6.42 Å². The van der Waals surface area contributed by atoms with Crippen LogP contribution < -0.4 is 0 Å². The van der Waals surface area contributed by atoms with Gasteiger partial charge in [0.15, 0.2) is 0 Å². The standard InChI is InChI=1S/C12H21N3O/c1-14-7-3-4-12(16,5-8-14)10-11-13-6-9-15(11)2/h6,9,16H,3-5,7-8,10H2,1-2H3. The molecule has 0 radical (unpaired) electrons. The van der Waals surface area contributed by atoms with Gasteiger partial charge in [-0.3, -0.25) is 0 Å². The average Bonchev–Trinajstić information content (AvgIpc) is 2.53. The lowest BCUT2D eigenvalue weighted by Gasteiger charge is -2.26. The molecule has 1 aliphatic rings. The van der Waals surface area contributed by atoms with E-state index >= 15 is 0 Å². The van der Waals surface area contributed by atoms with Crippen molar-refractivity contribution in [1.82, 2.24) is 14.5 Å². The second-order valence-electron chi connectivity index (χ2n) is 5.01. The third kappa shape index (κ3) is 2.62. The van der Waals surface area contributed by atoms with Crippen molar-refractivity contribution >= 4 is 0 Å². The molecule has 4 nitrogen and oxygen atoms in total. The number of nitrogens with zero attached hydrogens (tertiary/aromatic N) is 3. The van der Waals surface area contributed by atoms with Gasteiger partial charge in [0, 0.05) is 32.4 Å². The maximum absolute atomic E-state index is 10.6. The van der Waals surface area contributed by atoms with Crippen molar-refractivity contribution in [2.24, 2.45) is 7.05 Å². The number of likely N-dealkylation sites (tertiary alicyclic amines) is 1. The van der Waals surface area contributed by atoms with Crippen LogP contribution in [0, 0.1) is 0 Å². The summed E-state index contributed by atoms with van der Waals surface area (Å²) in [6.45, 7) is 2.06. The maximum atomic E-state index is 10.6. The van der Waals surface area contributed by atoms with Crippen LogP contribution in [-0.4, -0.2) is 45.3 Å². The van der Waals surface area contributed by atoms with Crippen LogP contribution in [-0.2, 0) is 13.5 Å². The van der Waals surface area contributed by atoms with Crippen molar-refractivity contribution in [1.29, 1.82) is 0 Å². The van der Waals surface area contributed by atoms with Crippen LogP contribution in [0.1, 0.15) is 25.1 Å². The second kappa shape index (κ2) is 4.55. The van der Waals surface area contributed by atoms with E-state index in [1.165, 1.54) is 0 Å². The molecule has 0 bridgehead atoms. The molecule has 0 amide bonds. The van der Waals surface area contributed by atoms with Crippen LogP contribution in [0.15, 0.2) is 12.4 Å². The van der Waals surface area contributed by atoms with Crippen molar-refractivity contribution in [2.75, 3.05) is 20.1 Å². The van der Waals surface area contributed by atoms with Crippen LogP contribution >= 0.6 is 0 Å². The van der Waals surface area contributed by atoms with E-state index in [1.807, 2.05) is 17.8 Å². The molecule has 1 saturated heterocycles. The van der Waals surface area contributed by atoms with Gasteiger partial charge in [-0.25, -0.2) is 4.98 Å². The molecule has 1 atom stereocenters. The van der Waals surface area contributed by atoms with E-state index in [2.05, 4.69) is 16.9 Å². The largest absolute Gasteiger partial charge is 0.389 e. The monoisotopic (exact) mass is 223 g/mol. The van der Waals surface area contributed by atoms with Gasteiger partial charge >= 0.3 is 0 Å². The van der Waals surface area contributed by atoms with Crippen LogP contribution in [0.25, 0.3) is 0 Å². The summed E-state index contributed by atoms with van der Waals surface area (Å²) in [5, 5.41) is 10.6. The SMILES string of the molecule is CN1CCCC(O)(Cc2nccn2C)CC1. The highest BCUT2D eigenvalue weighted by atomic mass is 16.3. The smallest absolute Gasteiger partial charge is 0.111 e. The summed E-state index contributed by atoms with van der Waals surface area (Å²) >= 11 is 0. The number of aliphatic hydroxyl groups is 1. The van der Waals surface area contributed by atoms with Crippen molar-refractivity contribution in [2.45, 2.75) is 31.3 Å². The maximum Gasteiger partial charge on any atom is 0.111 e.